The van der Waals surface area contributed by atoms with E-state index in [1.54, 1.807) is 19.2 Å². The second-order valence-corrected chi connectivity index (χ2v) is 7.54. The first-order valence-electron chi connectivity index (χ1n) is 8.70. The molecule has 3 aromatic rings. The molecule has 0 spiro atoms. The predicted molar refractivity (Wildman–Crippen MR) is 117 cm³/mol. The summed E-state index contributed by atoms with van der Waals surface area (Å²) in [5, 5.41) is 5.26. The van der Waals surface area contributed by atoms with E-state index in [2.05, 4.69) is 5.32 Å². The van der Waals surface area contributed by atoms with Gasteiger partial charge in [0.05, 0.1) is 7.11 Å². The first-order chi connectivity index (χ1) is 13.5. The molecular formula is C22H20Cl3NO2. The van der Waals surface area contributed by atoms with Crippen molar-refractivity contribution in [3.8, 4) is 11.5 Å². The number of benzene rings is 3. The third kappa shape index (κ3) is 5.05. The second-order valence-electron chi connectivity index (χ2n) is 6.29. The summed E-state index contributed by atoms with van der Waals surface area (Å²) in [6, 6.07) is 17.0. The lowest BCUT2D eigenvalue weighted by Gasteiger charge is -2.17. The number of rotatable bonds is 7. The smallest absolute Gasteiger partial charge is 0.166 e. The van der Waals surface area contributed by atoms with Crippen LogP contribution in [0.25, 0.3) is 0 Å². The monoisotopic (exact) mass is 435 g/mol. The number of anilines is 1. The summed E-state index contributed by atoms with van der Waals surface area (Å²) in [5.74, 6) is 1.33. The van der Waals surface area contributed by atoms with E-state index in [1.807, 2.05) is 49.4 Å². The van der Waals surface area contributed by atoms with Gasteiger partial charge in [0.1, 0.15) is 6.61 Å². The number of hydrogen-bond acceptors (Lipinski definition) is 3. The number of aryl methyl sites for hydroxylation is 1. The van der Waals surface area contributed by atoms with Gasteiger partial charge in [-0.05, 0) is 42.8 Å². The maximum absolute atomic E-state index is 6.26. The Hall–Kier alpha value is -2.07. The Morgan fingerprint density at radius 3 is 2.43 bits per heavy atom. The van der Waals surface area contributed by atoms with E-state index in [-0.39, 0.29) is 0 Å². The molecule has 0 saturated carbocycles. The van der Waals surface area contributed by atoms with Crippen molar-refractivity contribution in [2.45, 2.75) is 20.1 Å². The lowest BCUT2D eigenvalue weighted by molar-refractivity contribution is 0.282. The zero-order valence-electron chi connectivity index (χ0n) is 15.6. The molecule has 0 amide bonds. The number of halogens is 3. The van der Waals surface area contributed by atoms with Crippen LogP contribution >= 0.6 is 34.8 Å². The van der Waals surface area contributed by atoms with Crippen LogP contribution in [0.3, 0.4) is 0 Å². The van der Waals surface area contributed by atoms with E-state index in [9.17, 15) is 0 Å². The Balaban J connectivity index is 1.78. The molecule has 0 radical (unpaired) electrons. The summed E-state index contributed by atoms with van der Waals surface area (Å²) in [6.45, 7) is 2.84. The summed E-state index contributed by atoms with van der Waals surface area (Å²) in [7, 11) is 1.62. The Bertz CT molecular complexity index is 976. The van der Waals surface area contributed by atoms with E-state index in [4.69, 9.17) is 44.3 Å². The molecule has 0 aromatic heterocycles. The molecule has 1 N–H and O–H groups in total. The maximum atomic E-state index is 6.26. The molecule has 0 bridgehead atoms. The molecule has 3 nitrogen and oxygen atoms in total. The first-order valence-corrected chi connectivity index (χ1v) is 9.84. The molecule has 0 fully saturated rings. The average Bonchev–Trinajstić information content (AvgIpc) is 2.68. The standard InChI is InChI=1S/C22H20Cl3NO2/c1-14-6-9-18(11-19(14)24)26-12-15-4-3-5-21(27-2)22(15)28-13-16-7-8-17(23)10-20(16)25/h3-11,26H,12-13H2,1-2H3. The van der Waals surface area contributed by atoms with Gasteiger partial charge in [-0.25, -0.2) is 0 Å². The molecule has 6 heteroatoms. The van der Waals surface area contributed by atoms with Crippen molar-refractivity contribution in [2.24, 2.45) is 0 Å². The van der Waals surface area contributed by atoms with Crippen molar-refractivity contribution in [2.75, 3.05) is 12.4 Å². The van der Waals surface area contributed by atoms with Crippen LogP contribution in [0, 0.1) is 6.92 Å². The van der Waals surface area contributed by atoms with Gasteiger partial charge in [0.15, 0.2) is 11.5 Å². The second kappa shape index (κ2) is 9.42. The summed E-state index contributed by atoms with van der Waals surface area (Å²) < 4.78 is 11.6. The van der Waals surface area contributed by atoms with E-state index in [0.717, 1.165) is 27.4 Å². The van der Waals surface area contributed by atoms with Crippen LogP contribution in [0.2, 0.25) is 15.1 Å². The summed E-state index contributed by atoms with van der Waals surface area (Å²) in [5.41, 5.74) is 3.78. The zero-order chi connectivity index (χ0) is 20.1. The third-order valence-corrected chi connectivity index (χ3v) is 5.32. The van der Waals surface area contributed by atoms with E-state index >= 15 is 0 Å². The summed E-state index contributed by atoms with van der Waals surface area (Å²) >= 11 is 18.4. The third-order valence-electron chi connectivity index (χ3n) is 4.32. The number of para-hydroxylation sites is 1. The molecule has 0 saturated heterocycles. The number of hydrogen-bond donors (Lipinski definition) is 1. The van der Waals surface area contributed by atoms with Gasteiger partial charge in [0, 0.05) is 38.4 Å². The Labute approximate surface area is 180 Å². The molecule has 0 aliphatic rings. The fraction of sp³-hybridized carbons (Fsp3) is 0.182. The van der Waals surface area contributed by atoms with Gasteiger partial charge in [-0.1, -0.05) is 59.1 Å². The highest BCUT2D eigenvalue weighted by Crippen LogP contribution is 2.33. The van der Waals surface area contributed by atoms with Crippen LogP contribution in [0.15, 0.2) is 54.6 Å². The van der Waals surface area contributed by atoms with Gasteiger partial charge in [0.2, 0.25) is 0 Å². The van der Waals surface area contributed by atoms with Gasteiger partial charge in [-0.3, -0.25) is 0 Å². The summed E-state index contributed by atoms with van der Waals surface area (Å²) in [6.07, 6.45) is 0. The van der Waals surface area contributed by atoms with E-state index in [1.165, 1.54) is 0 Å². The quantitative estimate of drug-likeness (QED) is 0.426. The van der Waals surface area contributed by atoms with Crippen LogP contribution in [-0.4, -0.2) is 7.11 Å². The molecule has 0 unspecified atom stereocenters. The molecule has 0 atom stereocenters. The number of methoxy groups -OCH3 is 1. The zero-order valence-corrected chi connectivity index (χ0v) is 17.8. The minimum atomic E-state index is 0.305. The van der Waals surface area contributed by atoms with Crippen LogP contribution in [0.1, 0.15) is 16.7 Å². The Morgan fingerprint density at radius 2 is 1.71 bits per heavy atom. The molecule has 0 aliphatic carbocycles. The predicted octanol–water partition coefficient (Wildman–Crippen LogP) is 7.15. The van der Waals surface area contributed by atoms with Crippen LogP contribution < -0.4 is 14.8 Å². The lowest BCUT2D eigenvalue weighted by Crippen LogP contribution is -2.05. The van der Waals surface area contributed by atoms with Gasteiger partial charge >= 0.3 is 0 Å². The van der Waals surface area contributed by atoms with Crippen LogP contribution in [0.4, 0.5) is 5.69 Å². The molecule has 28 heavy (non-hydrogen) atoms. The summed E-state index contributed by atoms with van der Waals surface area (Å²) in [4.78, 5) is 0. The van der Waals surface area contributed by atoms with Crippen molar-refractivity contribution < 1.29 is 9.47 Å². The molecule has 3 aromatic carbocycles. The molecule has 3 rings (SSSR count). The largest absolute Gasteiger partial charge is 0.493 e. The van der Waals surface area contributed by atoms with Crippen molar-refractivity contribution >= 4 is 40.5 Å². The minimum absolute atomic E-state index is 0.305. The molecule has 146 valence electrons. The van der Waals surface area contributed by atoms with Crippen molar-refractivity contribution in [3.05, 3.63) is 86.4 Å². The van der Waals surface area contributed by atoms with Crippen molar-refractivity contribution in [1.82, 2.24) is 0 Å². The molecule has 0 heterocycles. The van der Waals surface area contributed by atoms with Gasteiger partial charge in [-0.2, -0.15) is 0 Å². The highest BCUT2D eigenvalue weighted by Gasteiger charge is 2.12. The van der Waals surface area contributed by atoms with Gasteiger partial charge in [-0.15, -0.1) is 0 Å². The van der Waals surface area contributed by atoms with Crippen molar-refractivity contribution in [3.63, 3.8) is 0 Å². The normalized spacial score (nSPS) is 10.6. The highest BCUT2D eigenvalue weighted by atomic mass is 35.5. The average molecular weight is 437 g/mol. The van der Waals surface area contributed by atoms with Gasteiger partial charge in [0.25, 0.3) is 0 Å². The SMILES string of the molecule is COc1cccc(CNc2ccc(C)c(Cl)c2)c1OCc1ccc(Cl)cc1Cl. The Kier molecular flexibility index (Phi) is 6.95. The van der Waals surface area contributed by atoms with Crippen LogP contribution in [0.5, 0.6) is 11.5 Å². The lowest BCUT2D eigenvalue weighted by atomic mass is 10.1. The molecular weight excluding hydrogens is 417 g/mol. The minimum Gasteiger partial charge on any atom is -0.493 e. The Morgan fingerprint density at radius 1 is 0.893 bits per heavy atom. The first kappa shape index (κ1) is 20.7. The fourth-order valence-corrected chi connectivity index (χ4v) is 3.36. The van der Waals surface area contributed by atoms with Crippen molar-refractivity contribution in [1.29, 1.82) is 0 Å². The van der Waals surface area contributed by atoms with Crippen LogP contribution in [-0.2, 0) is 13.2 Å². The number of nitrogens with one attached hydrogen (secondary N) is 1. The molecule has 0 aliphatic heterocycles. The number of ether oxygens (including phenoxy) is 2. The topological polar surface area (TPSA) is 30.5 Å². The highest BCUT2D eigenvalue weighted by molar-refractivity contribution is 6.35. The van der Waals surface area contributed by atoms with E-state index < -0.39 is 0 Å². The van der Waals surface area contributed by atoms with Gasteiger partial charge < -0.3 is 14.8 Å². The van der Waals surface area contributed by atoms with E-state index in [0.29, 0.717) is 34.7 Å². The maximum Gasteiger partial charge on any atom is 0.166 e. The fourth-order valence-electron chi connectivity index (χ4n) is 2.71.